The number of nitrogens with one attached hydrogen (secondary N) is 2. The largest absolute Gasteiger partial charge is 0.493 e. The number of aryl methyl sites for hydroxylation is 1. The fraction of sp³-hybridized carbons (Fsp3) is 0.348. The van der Waals surface area contributed by atoms with Gasteiger partial charge in [-0.3, -0.25) is 0 Å². The average molecular weight is 405 g/mol. The van der Waals surface area contributed by atoms with Crippen molar-refractivity contribution >= 4 is 5.96 Å². The highest BCUT2D eigenvalue weighted by atomic mass is 16.5. The number of hydrogen-bond acceptors (Lipinski definition) is 4. The molecule has 1 aromatic heterocycles. The van der Waals surface area contributed by atoms with Crippen LogP contribution in [0.4, 0.5) is 0 Å². The van der Waals surface area contributed by atoms with Gasteiger partial charge in [-0.2, -0.15) is 0 Å². The zero-order valence-electron chi connectivity index (χ0n) is 17.5. The first-order valence-electron chi connectivity index (χ1n) is 10.4. The molecule has 0 bridgehead atoms. The lowest BCUT2D eigenvalue weighted by atomic mass is 10.0. The Kier molecular flexibility index (Phi) is 6.27. The maximum absolute atomic E-state index is 5.80. The minimum absolute atomic E-state index is 0.152. The van der Waals surface area contributed by atoms with Crippen LogP contribution in [-0.4, -0.2) is 33.9 Å². The van der Waals surface area contributed by atoms with Gasteiger partial charge in [0, 0.05) is 25.6 Å². The summed E-state index contributed by atoms with van der Waals surface area (Å²) in [5.41, 5.74) is 2.46. The second kappa shape index (κ2) is 9.43. The molecular weight excluding hydrogens is 376 g/mol. The summed E-state index contributed by atoms with van der Waals surface area (Å²) in [5, 5.41) is 15.4. The first kappa shape index (κ1) is 19.9. The molecule has 0 radical (unpaired) electrons. The van der Waals surface area contributed by atoms with Crippen molar-refractivity contribution in [3.8, 4) is 5.75 Å². The van der Waals surface area contributed by atoms with Crippen LogP contribution in [-0.2, 0) is 20.0 Å². The molecule has 1 unspecified atom stereocenters. The molecule has 1 aliphatic rings. The van der Waals surface area contributed by atoms with Gasteiger partial charge in [0.05, 0.1) is 12.6 Å². The van der Waals surface area contributed by atoms with Crippen LogP contribution in [0.25, 0.3) is 0 Å². The van der Waals surface area contributed by atoms with Crippen molar-refractivity contribution < 1.29 is 4.74 Å². The molecule has 0 spiro atoms. The average Bonchev–Trinajstić information content (AvgIpc) is 3.10. The van der Waals surface area contributed by atoms with Gasteiger partial charge in [-0.1, -0.05) is 48.5 Å². The van der Waals surface area contributed by atoms with E-state index >= 15 is 0 Å². The zero-order valence-corrected chi connectivity index (χ0v) is 17.5. The van der Waals surface area contributed by atoms with E-state index < -0.39 is 0 Å². The Balaban J connectivity index is 1.48. The number of hydrogen-bond donors (Lipinski definition) is 2. The molecule has 2 aromatic carbocycles. The lowest BCUT2D eigenvalue weighted by Gasteiger charge is -2.28. The molecule has 4 rings (SSSR count). The van der Waals surface area contributed by atoms with Gasteiger partial charge in [0.15, 0.2) is 11.8 Å². The fourth-order valence-corrected chi connectivity index (χ4v) is 3.52. The van der Waals surface area contributed by atoms with Crippen LogP contribution >= 0.6 is 0 Å². The number of guanidine groups is 1. The second-order valence-corrected chi connectivity index (χ2v) is 7.42. The highest BCUT2D eigenvalue weighted by Gasteiger charge is 2.22. The summed E-state index contributed by atoms with van der Waals surface area (Å²) in [4.78, 5) is 4.80. The van der Waals surface area contributed by atoms with Gasteiger partial charge in [-0.25, -0.2) is 4.99 Å². The monoisotopic (exact) mass is 404 g/mol. The number of fused-ring (bicyclic) bond motifs is 1. The Morgan fingerprint density at radius 2 is 1.93 bits per heavy atom. The maximum Gasteiger partial charge on any atom is 0.192 e. The third-order valence-electron chi connectivity index (χ3n) is 5.38. The molecule has 7 nitrogen and oxygen atoms in total. The summed E-state index contributed by atoms with van der Waals surface area (Å²) in [6.45, 7) is 3.88. The molecule has 2 N–H and O–H groups in total. The SMILES string of the molecule is Cc1nnc(CN=C(NCCc2ccccc2)NC2CCOc3ccccc32)n1C. The van der Waals surface area contributed by atoms with Gasteiger partial charge in [-0.15, -0.1) is 10.2 Å². The lowest BCUT2D eigenvalue weighted by molar-refractivity contribution is 0.261. The number of ether oxygens (including phenoxy) is 1. The Labute approximate surface area is 177 Å². The predicted octanol–water partition coefficient (Wildman–Crippen LogP) is 2.93. The Morgan fingerprint density at radius 1 is 1.13 bits per heavy atom. The van der Waals surface area contributed by atoms with Crippen molar-refractivity contribution in [1.82, 2.24) is 25.4 Å². The number of rotatable bonds is 6. The summed E-state index contributed by atoms with van der Waals surface area (Å²) in [6.07, 6.45) is 1.81. The number of para-hydroxylation sites is 1. The molecule has 30 heavy (non-hydrogen) atoms. The first-order chi connectivity index (χ1) is 14.7. The van der Waals surface area contributed by atoms with E-state index in [1.807, 2.05) is 42.8 Å². The molecule has 7 heteroatoms. The minimum Gasteiger partial charge on any atom is -0.493 e. The van der Waals surface area contributed by atoms with E-state index in [0.29, 0.717) is 13.2 Å². The van der Waals surface area contributed by atoms with Gasteiger partial charge < -0.3 is 19.9 Å². The van der Waals surface area contributed by atoms with Crippen LogP contribution in [0.15, 0.2) is 59.6 Å². The fourth-order valence-electron chi connectivity index (χ4n) is 3.52. The first-order valence-corrected chi connectivity index (χ1v) is 10.4. The lowest BCUT2D eigenvalue weighted by Crippen LogP contribution is -2.42. The molecule has 0 aliphatic carbocycles. The van der Waals surface area contributed by atoms with Crippen molar-refractivity contribution in [3.63, 3.8) is 0 Å². The highest BCUT2D eigenvalue weighted by molar-refractivity contribution is 5.80. The summed E-state index contributed by atoms with van der Waals surface area (Å²) in [6, 6.07) is 18.8. The molecular formula is C23H28N6O. The van der Waals surface area contributed by atoms with Crippen LogP contribution in [0.2, 0.25) is 0 Å². The van der Waals surface area contributed by atoms with Crippen molar-refractivity contribution in [3.05, 3.63) is 77.4 Å². The standard InChI is InChI=1S/C23H28N6O/c1-17-27-28-22(29(17)2)16-25-23(24-14-12-18-8-4-3-5-9-18)26-20-13-15-30-21-11-7-6-10-19(20)21/h3-11,20H,12-16H2,1-2H3,(H2,24,25,26). The molecule has 1 atom stereocenters. The molecule has 2 heterocycles. The van der Waals surface area contributed by atoms with Crippen LogP contribution < -0.4 is 15.4 Å². The smallest absolute Gasteiger partial charge is 0.192 e. The van der Waals surface area contributed by atoms with Gasteiger partial charge >= 0.3 is 0 Å². The van der Waals surface area contributed by atoms with Crippen LogP contribution in [0, 0.1) is 6.92 Å². The van der Waals surface area contributed by atoms with Gasteiger partial charge in [-0.05, 0) is 25.0 Å². The van der Waals surface area contributed by atoms with Crippen LogP contribution in [0.3, 0.4) is 0 Å². The van der Waals surface area contributed by atoms with Gasteiger partial charge in [0.1, 0.15) is 18.1 Å². The van der Waals surface area contributed by atoms with E-state index in [1.165, 1.54) is 5.56 Å². The van der Waals surface area contributed by atoms with Gasteiger partial charge in [0.2, 0.25) is 0 Å². The molecule has 1 aliphatic heterocycles. The molecule has 0 saturated heterocycles. The normalized spacial score (nSPS) is 15.9. The number of aliphatic imine (C=N–C) groups is 1. The third-order valence-corrected chi connectivity index (χ3v) is 5.38. The van der Waals surface area contributed by atoms with Crippen molar-refractivity contribution in [2.24, 2.45) is 12.0 Å². The predicted molar refractivity (Wildman–Crippen MR) is 117 cm³/mol. The van der Waals surface area contributed by atoms with Crippen LogP contribution in [0.5, 0.6) is 5.75 Å². The summed E-state index contributed by atoms with van der Waals surface area (Å²) < 4.78 is 7.77. The quantitative estimate of drug-likeness (QED) is 0.488. The number of nitrogens with zero attached hydrogens (tertiary/aromatic N) is 4. The Morgan fingerprint density at radius 3 is 2.73 bits per heavy atom. The maximum atomic E-state index is 5.80. The number of aromatic nitrogens is 3. The highest BCUT2D eigenvalue weighted by Crippen LogP contribution is 2.31. The summed E-state index contributed by atoms with van der Waals surface area (Å²) in [5.74, 6) is 3.43. The Hall–Kier alpha value is -3.35. The molecule has 0 saturated carbocycles. The summed E-state index contributed by atoms with van der Waals surface area (Å²) >= 11 is 0. The van der Waals surface area contributed by atoms with Crippen molar-refractivity contribution in [2.75, 3.05) is 13.2 Å². The Bertz CT molecular complexity index is 998. The second-order valence-electron chi connectivity index (χ2n) is 7.42. The minimum atomic E-state index is 0.152. The van der Waals surface area contributed by atoms with E-state index in [9.17, 15) is 0 Å². The molecule has 0 fully saturated rings. The van der Waals surface area contributed by atoms with Crippen molar-refractivity contribution in [1.29, 1.82) is 0 Å². The molecule has 3 aromatic rings. The molecule has 0 amide bonds. The van der Waals surface area contributed by atoms with E-state index in [0.717, 1.165) is 48.3 Å². The van der Waals surface area contributed by atoms with E-state index in [2.05, 4.69) is 51.2 Å². The third kappa shape index (κ3) is 4.79. The van der Waals surface area contributed by atoms with E-state index in [1.54, 1.807) is 0 Å². The van der Waals surface area contributed by atoms with Crippen molar-refractivity contribution in [2.45, 2.75) is 32.4 Å². The van der Waals surface area contributed by atoms with Gasteiger partial charge in [0.25, 0.3) is 0 Å². The summed E-state index contributed by atoms with van der Waals surface area (Å²) in [7, 11) is 1.96. The van der Waals surface area contributed by atoms with Crippen LogP contribution in [0.1, 0.15) is 35.2 Å². The molecule has 156 valence electrons. The number of benzene rings is 2. The van der Waals surface area contributed by atoms with E-state index in [4.69, 9.17) is 9.73 Å². The zero-order chi connectivity index (χ0) is 20.8. The topological polar surface area (TPSA) is 76.4 Å². The van der Waals surface area contributed by atoms with E-state index in [-0.39, 0.29) is 6.04 Å².